The molecule has 0 saturated heterocycles. The highest BCUT2D eigenvalue weighted by Crippen LogP contribution is 2.46. The van der Waals surface area contributed by atoms with Gasteiger partial charge < -0.3 is 19.8 Å². The number of primary sulfonamides is 1. The number of carbonyl (C=O) groups is 1. The van der Waals surface area contributed by atoms with Gasteiger partial charge in [0.2, 0.25) is 10.0 Å². The fraction of sp³-hybridized carbons (Fsp3) is 0.559. The van der Waals surface area contributed by atoms with Crippen molar-refractivity contribution in [2.45, 2.75) is 82.0 Å². The Bertz CT molecular complexity index is 1500. The molecule has 1 heterocycles. The summed E-state index contributed by atoms with van der Waals surface area (Å²) >= 11 is 6.37. The summed E-state index contributed by atoms with van der Waals surface area (Å²) in [6.07, 6.45) is 9.61. The SMILES string of the molecule is CCC[C@@H]([C@@H](C)CC=C[C@H](O)[C@@H]1CC[C@H]1CN1C[C@]2(CCCc3cc(Cl)ccc32)COc2ccc(C(=O)O)cc21)S(N)(=O)=O. The lowest BCUT2D eigenvalue weighted by Gasteiger charge is -2.45. The molecule has 0 radical (unpaired) electrons. The summed E-state index contributed by atoms with van der Waals surface area (Å²) in [5, 5.41) is 26.6. The number of aliphatic hydroxyl groups excluding tert-OH is 1. The molecule has 10 heteroatoms. The summed E-state index contributed by atoms with van der Waals surface area (Å²) < 4.78 is 30.6. The second-order valence-electron chi connectivity index (χ2n) is 13.1. The first-order chi connectivity index (χ1) is 20.9. The molecule has 8 nitrogen and oxygen atoms in total. The average Bonchev–Trinajstić information content (AvgIpc) is 3.10. The van der Waals surface area contributed by atoms with E-state index < -0.39 is 27.3 Å². The minimum Gasteiger partial charge on any atom is -0.490 e. The van der Waals surface area contributed by atoms with E-state index in [4.69, 9.17) is 21.5 Å². The number of allylic oxidation sites excluding steroid dienone is 1. The van der Waals surface area contributed by atoms with Crippen molar-refractivity contribution in [2.24, 2.45) is 22.9 Å². The first kappa shape index (κ1) is 32.8. The zero-order valence-corrected chi connectivity index (χ0v) is 27.2. The van der Waals surface area contributed by atoms with E-state index in [2.05, 4.69) is 17.0 Å². The van der Waals surface area contributed by atoms with Gasteiger partial charge in [0.05, 0.1) is 29.2 Å². The lowest BCUT2D eigenvalue weighted by molar-refractivity contribution is 0.0455. The molecular formula is C34H45ClN2O6S. The number of benzene rings is 2. The predicted molar refractivity (Wildman–Crippen MR) is 174 cm³/mol. The second-order valence-corrected chi connectivity index (χ2v) is 15.4. The van der Waals surface area contributed by atoms with Gasteiger partial charge >= 0.3 is 5.97 Å². The van der Waals surface area contributed by atoms with Crippen molar-refractivity contribution in [3.63, 3.8) is 0 Å². The number of halogens is 1. The molecule has 240 valence electrons. The number of nitrogens with two attached hydrogens (primary N) is 1. The summed E-state index contributed by atoms with van der Waals surface area (Å²) in [6, 6.07) is 11.2. The van der Waals surface area contributed by atoms with Crippen molar-refractivity contribution in [1.82, 2.24) is 0 Å². The smallest absolute Gasteiger partial charge is 0.335 e. The maximum atomic E-state index is 12.1. The lowest BCUT2D eigenvalue weighted by Crippen LogP contribution is -2.49. The molecule has 1 aliphatic heterocycles. The number of fused-ring (bicyclic) bond motifs is 3. The number of aromatic carboxylic acids is 1. The van der Waals surface area contributed by atoms with Crippen LogP contribution in [0.25, 0.3) is 0 Å². The molecule has 1 spiro atoms. The van der Waals surface area contributed by atoms with Crippen LogP contribution in [0.15, 0.2) is 48.6 Å². The van der Waals surface area contributed by atoms with E-state index in [1.165, 1.54) is 11.1 Å². The first-order valence-corrected chi connectivity index (χ1v) is 17.8. The van der Waals surface area contributed by atoms with Crippen molar-refractivity contribution in [1.29, 1.82) is 0 Å². The third kappa shape index (κ3) is 6.96. The molecule has 1 saturated carbocycles. The molecule has 6 atom stereocenters. The molecule has 4 N–H and O–H groups in total. The Morgan fingerprint density at radius 1 is 1.25 bits per heavy atom. The number of hydrogen-bond donors (Lipinski definition) is 3. The number of anilines is 1. The van der Waals surface area contributed by atoms with E-state index in [1.54, 1.807) is 18.2 Å². The van der Waals surface area contributed by atoms with Crippen LogP contribution in [0.2, 0.25) is 5.02 Å². The third-order valence-corrected chi connectivity index (χ3v) is 11.9. The lowest BCUT2D eigenvalue weighted by atomic mass is 9.68. The van der Waals surface area contributed by atoms with Crippen LogP contribution in [0.4, 0.5) is 5.69 Å². The van der Waals surface area contributed by atoms with E-state index in [0.29, 0.717) is 38.3 Å². The Morgan fingerprint density at radius 2 is 2.05 bits per heavy atom. The van der Waals surface area contributed by atoms with E-state index >= 15 is 0 Å². The molecule has 2 aliphatic carbocycles. The third-order valence-electron chi connectivity index (χ3n) is 10.1. The van der Waals surface area contributed by atoms with E-state index in [0.717, 1.165) is 49.2 Å². The Kier molecular flexibility index (Phi) is 10.00. The van der Waals surface area contributed by atoms with Gasteiger partial charge in [-0.25, -0.2) is 18.4 Å². The molecule has 2 aromatic rings. The average molecular weight is 645 g/mol. The number of ether oxygens (including phenoxy) is 1. The molecule has 1 fully saturated rings. The van der Waals surface area contributed by atoms with E-state index in [9.17, 15) is 23.4 Å². The topological polar surface area (TPSA) is 130 Å². The minimum absolute atomic E-state index is 0.0508. The summed E-state index contributed by atoms with van der Waals surface area (Å²) in [7, 11) is -3.64. The summed E-state index contributed by atoms with van der Waals surface area (Å²) in [4.78, 5) is 14.2. The zero-order chi connectivity index (χ0) is 31.6. The highest BCUT2D eigenvalue weighted by atomic mass is 35.5. The van der Waals surface area contributed by atoms with Gasteiger partial charge in [0.25, 0.3) is 0 Å². The summed E-state index contributed by atoms with van der Waals surface area (Å²) in [5.74, 6) is -0.199. The zero-order valence-electron chi connectivity index (χ0n) is 25.6. The van der Waals surface area contributed by atoms with Crippen LogP contribution in [0.1, 0.15) is 80.3 Å². The largest absolute Gasteiger partial charge is 0.490 e. The Hall–Kier alpha value is -2.59. The first-order valence-electron chi connectivity index (χ1n) is 15.8. The Labute approximate surface area is 266 Å². The Morgan fingerprint density at radius 3 is 2.73 bits per heavy atom. The molecular weight excluding hydrogens is 600 g/mol. The molecule has 5 rings (SSSR count). The number of carboxylic acid groups (broad SMARTS) is 1. The van der Waals surface area contributed by atoms with Crippen LogP contribution in [0.5, 0.6) is 5.75 Å². The van der Waals surface area contributed by atoms with Gasteiger partial charge in [-0.3, -0.25) is 0 Å². The van der Waals surface area contributed by atoms with Gasteiger partial charge in [0.1, 0.15) is 5.75 Å². The second kappa shape index (κ2) is 13.4. The fourth-order valence-electron chi connectivity index (χ4n) is 7.59. The highest BCUT2D eigenvalue weighted by Gasteiger charge is 2.44. The van der Waals surface area contributed by atoms with Crippen LogP contribution in [0.3, 0.4) is 0 Å². The van der Waals surface area contributed by atoms with E-state index in [1.807, 2.05) is 32.1 Å². The van der Waals surface area contributed by atoms with Crippen LogP contribution >= 0.6 is 11.6 Å². The molecule has 0 amide bonds. The van der Waals surface area contributed by atoms with Crippen LogP contribution < -0.4 is 14.8 Å². The highest BCUT2D eigenvalue weighted by molar-refractivity contribution is 7.89. The molecule has 0 aromatic heterocycles. The molecule has 0 unspecified atom stereocenters. The quantitative estimate of drug-likeness (QED) is 0.258. The predicted octanol–water partition coefficient (Wildman–Crippen LogP) is 5.94. The summed E-state index contributed by atoms with van der Waals surface area (Å²) in [5.41, 5.74) is 3.20. The Balaban J connectivity index is 1.36. The number of rotatable bonds is 11. The minimum atomic E-state index is -3.64. The summed E-state index contributed by atoms with van der Waals surface area (Å²) in [6.45, 7) is 5.68. The van der Waals surface area contributed by atoms with Crippen LogP contribution in [-0.4, -0.2) is 55.7 Å². The van der Waals surface area contributed by atoms with Gasteiger partial charge in [0, 0.05) is 23.5 Å². The molecule has 44 heavy (non-hydrogen) atoms. The monoisotopic (exact) mass is 644 g/mol. The van der Waals surface area contributed by atoms with Crippen LogP contribution in [-0.2, 0) is 21.9 Å². The van der Waals surface area contributed by atoms with Crippen molar-refractivity contribution in [2.75, 3.05) is 24.6 Å². The molecule has 0 bridgehead atoms. The van der Waals surface area contributed by atoms with Crippen molar-refractivity contribution in [3.8, 4) is 5.75 Å². The number of aryl methyl sites for hydroxylation is 1. The molecule has 2 aromatic carbocycles. The van der Waals surface area contributed by atoms with E-state index in [-0.39, 0.29) is 28.7 Å². The normalized spacial score (nSPS) is 25.3. The van der Waals surface area contributed by atoms with Crippen LogP contribution in [0, 0.1) is 17.8 Å². The van der Waals surface area contributed by atoms with Crippen molar-refractivity contribution < 1.29 is 28.2 Å². The standard InChI is InChI=1S/C34H45ClN2O6S/c1-3-6-32(44(36,41)42)22(2)7-4-9-30(38)27-13-10-25(27)19-37-20-34(16-5-8-23-17-26(35)12-14-28(23)34)21-43-31-15-11-24(33(39)40)18-29(31)37/h4,9,11-12,14-15,17-18,22,25,27,30,32,38H,3,5-8,10,13,16,19-21H2,1-2H3,(H,39,40)(H2,36,41,42)/t22-,25-,27+,30-,32-,34+/m0/s1. The fourth-order valence-corrected chi connectivity index (χ4v) is 9.10. The number of aliphatic hydroxyl groups is 1. The maximum Gasteiger partial charge on any atom is 0.335 e. The molecule has 3 aliphatic rings. The van der Waals surface area contributed by atoms with Crippen molar-refractivity contribution >= 4 is 33.3 Å². The van der Waals surface area contributed by atoms with Crippen molar-refractivity contribution in [3.05, 3.63) is 70.3 Å². The number of carboxylic acids is 1. The van der Waals surface area contributed by atoms with Gasteiger partial charge in [-0.1, -0.05) is 50.1 Å². The van der Waals surface area contributed by atoms with Gasteiger partial charge in [-0.15, -0.1) is 0 Å². The van der Waals surface area contributed by atoms with Gasteiger partial charge in [-0.05, 0) is 104 Å². The maximum absolute atomic E-state index is 12.1. The number of sulfonamides is 1. The number of hydrogen-bond acceptors (Lipinski definition) is 6. The number of nitrogens with zero attached hydrogens (tertiary/aromatic N) is 1. The van der Waals surface area contributed by atoms with Gasteiger partial charge in [0.15, 0.2) is 0 Å². The van der Waals surface area contributed by atoms with Gasteiger partial charge in [-0.2, -0.15) is 0 Å².